The van der Waals surface area contributed by atoms with Crippen LogP contribution in [-0.2, 0) is 4.79 Å². The lowest BCUT2D eigenvalue weighted by atomic mass is 9.99. The van der Waals surface area contributed by atoms with Gasteiger partial charge in [0.05, 0.1) is 12.6 Å². The number of hydrogen-bond donors (Lipinski definition) is 3. The first kappa shape index (κ1) is 14.7. The second-order valence-electron chi connectivity index (χ2n) is 5.17. The Morgan fingerprint density at radius 3 is 2.39 bits per heavy atom. The predicted molar refractivity (Wildman–Crippen MR) is 73.6 cm³/mol. The van der Waals surface area contributed by atoms with E-state index < -0.39 is 11.6 Å². The zero-order chi connectivity index (χ0) is 13.8. The topological polar surface area (TPSA) is 61.4 Å². The first-order chi connectivity index (χ1) is 8.31. The van der Waals surface area contributed by atoms with E-state index in [4.69, 9.17) is 0 Å². The lowest BCUT2D eigenvalue weighted by molar-refractivity contribution is -0.115. The van der Waals surface area contributed by atoms with Crippen molar-refractivity contribution in [1.82, 2.24) is 5.32 Å². The Hall–Kier alpha value is -1.39. The minimum atomic E-state index is -0.523. The Bertz CT molecular complexity index is 397. The zero-order valence-electron chi connectivity index (χ0n) is 11.4. The number of benzene rings is 1. The van der Waals surface area contributed by atoms with E-state index >= 15 is 0 Å². The normalized spacial score (nSPS) is 13.2. The van der Waals surface area contributed by atoms with E-state index in [1.54, 1.807) is 6.92 Å². The average molecular weight is 250 g/mol. The molecule has 4 nitrogen and oxygen atoms in total. The fourth-order valence-corrected chi connectivity index (χ4v) is 1.30. The number of rotatable bonds is 5. The molecule has 0 fully saturated rings. The molecule has 4 heteroatoms. The highest BCUT2D eigenvalue weighted by atomic mass is 16.3. The van der Waals surface area contributed by atoms with E-state index in [2.05, 4.69) is 10.6 Å². The SMILES string of the molecule is Cc1ccc(NC(=O)CNC(C)(C)C(C)O)cc1. The fraction of sp³-hybridized carbons (Fsp3) is 0.500. The van der Waals surface area contributed by atoms with E-state index in [1.165, 1.54) is 0 Å². The van der Waals surface area contributed by atoms with Gasteiger partial charge in [0, 0.05) is 11.2 Å². The summed E-state index contributed by atoms with van der Waals surface area (Å²) in [6.07, 6.45) is -0.523. The van der Waals surface area contributed by atoms with Gasteiger partial charge in [-0.05, 0) is 39.8 Å². The molecule has 0 radical (unpaired) electrons. The van der Waals surface area contributed by atoms with Crippen molar-refractivity contribution in [1.29, 1.82) is 0 Å². The number of aliphatic hydroxyl groups is 1. The van der Waals surface area contributed by atoms with Crippen LogP contribution in [0, 0.1) is 6.92 Å². The third kappa shape index (κ3) is 4.47. The number of amides is 1. The second-order valence-corrected chi connectivity index (χ2v) is 5.17. The largest absolute Gasteiger partial charge is 0.392 e. The van der Waals surface area contributed by atoms with Gasteiger partial charge in [0.25, 0.3) is 0 Å². The van der Waals surface area contributed by atoms with E-state index in [9.17, 15) is 9.90 Å². The van der Waals surface area contributed by atoms with Gasteiger partial charge >= 0.3 is 0 Å². The van der Waals surface area contributed by atoms with Crippen LogP contribution in [0.5, 0.6) is 0 Å². The second kappa shape index (κ2) is 5.98. The molecule has 1 atom stereocenters. The smallest absolute Gasteiger partial charge is 0.238 e. The molecule has 1 aromatic carbocycles. The van der Waals surface area contributed by atoms with Gasteiger partial charge in [-0.3, -0.25) is 4.79 Å². The minimum absolute atomic E-state index is 0.118. The van der Waals surface area contributed by atoms with Gasteiger partial charge in [0.15, 0.2) is 0 Å². The molecule has 0 aliphatic heterocycles. The zero-order valence-corrected chi connectivity index (χ0v) is 11.4. The molecule has 0 bridgehead atoms. The van der Waals surface area contributed by atoms with Crippen LogP contribution in [0.25, 0.3) is 0 Å². The molecule has 1 unspecified atom stereocenters. The predicted octanol–water partition coefficient (Wildman–Crippen LogP) is 1.68. The lowest BCUT2D eigenvalue weighted by Crippen LogP contribution is -2.50. The molecule has 0 aromatic heterocycles. The fourth-order valence-electron chi connectivity index (χ4n) is 1.30. The van der Waals surface area contributed by atoms with Crippen LogP contribution in [-0.4, -0.2) is 29.2 Å². The number of nitrogens with one attached hydrogen (secondary N) is 2. The number of hydrogen-bond acceptors (Lipinski definition) is 3. The van der Waals surface area contributed by atoms with Gasteiger partial charge in [0.1, 0.15) is 0 Å². The van der Waals surface area contributed by atoms with Gasteiger partial charge in [-0.2, -0.15) is 0 Å². The molecular formula is C14H22N2O2. The van der Waals surface area contributed by atoms with Crippen LogP contribution < -0.4 is 10.6 Å². The highest BCUT2D eigenvalue weighted by Gasteiger charge is 2.23. The summed E-state index contributed by atoms with van der Waals surface area (Å²) in [6, 6.07) is 7.63. The molecule has 3 N–H and O–H groups in total. The van der Waals surface area contributed by atoms with E-state index in [0.717, 1.165) is 11.3 Å². The maximum atomic E-state index is 11.7. The van der Waals surface area contributed by atoms with Crippen molar-refractivity contribution >= 4 is 11.6 Å². The maximum Gasteiger partial charge on any atom is 0.238 e. The van der Waals surface area contributed by atoms with Crippen molar-refractivity contribution in [3.8, 4) is 0 Å². The molecule has 1 amide bonds. The summed E-state index contributed by atoms with van der Waals surface area (Å²) in [5.74, 6) is -0.118. The van der Waals surface area contributed by atoms with Crippen LogP contribution in [0.4, 0.5) is 5.69 Å². The first-order valence-electron chi connectivity index (χ1n) is 6.11. The summed E-state index contributed by atoms with van der Waals surface area (Å²) in [7, 11) is 0. The van der Waals surface area contributed by atoms with Crippen molar-refractivity contribution in [2.45, 2.75) is 39.3 Å². The van der Waals surface area contributed by atoms with Gasteiger partial charge in [-0.1, -0.05) is 17.7 Å². The Morgan fingerprint density at radius 2 is 1.89 bits per heavy atom. The molecule has 1 aromatic rings. The quantitative estimate of drug-likeness (QED) is 0.745. The summed E-state index contributed by atoms with van der Waals surface area (Å²) < 4.78 is 0. The summed E-state index contributed by atoms with van der Waals surface area (Å²) in [5.41, 5.74) is 1.45. The highest BCUT2D eigenvalue weighted by Crippen LogP contribution is 2.09. The van der Waals surface area contributed by atoms with Gasteiger partial charge in [0.2, 0.25) is 5.91 Å². The van der Waals surface area contributed by atoms with Crippen LogP contribution in [0.15, 0.2) is 24.3 Å². The van der Waals surface area contributed by atoms with Crippen LogP contribution in [0.3, 0.4) is 0 Å². The standard InChI is InChI=1S/C14H22N2O2/c1-10-5-7-12(8-6-10)16-13(18)9-15-14(3,4)11(2)17/h5-8,11,15,17H,9H2,1-4H3,(H,16,18). The number of anilines is 1. The molecule has 0 heterocycles. The minimum Gasteiger partial charge on any atom is -0.392 e. The Labute approximate surface area is 108 Å². The Balaban J connectivity index is 2.45. The van der Waals surface area contributed by atoms with E-state index in [1.807, 2.05) is 45.0 Å². The lowest BCUT2D eigenvalue weighted by Gasteiger charge is -2.29. The van der Waals surface area contributed by atoms with Gasteiger partial charge < -0.3 is 15.7 Å². The molecule has 18 heavy (non-hydrogen) atoms. The average Bonchev–Trinajstić information content (AvgIpc) is 2.29. The van der Waals surface area contributed by atoms with Crippen molar-refractivity contribution in [3.63, 3.8) is 0 Å². The molecule has 0 saturated heterocycles. The number of carbonyl (C=O) groups excluding carboxylic acids is 1. The Kier molecular flexibility index (Phi) is 4.87. The number of aryl methyl sites for hydroxylation is 1. The summed E-state index contributed by atoms with van der Waals surface area (Å²) in [5, 5.41) is 15.3. The third-order valence-corrected chi connectivity index (χ3v) is 3.08. The number of aliphatic hydroxyl groups excluding tert-OH is 1. The summed E-state index contributed by atoms with van der Waals surface area (Å²) in [4.78, 5) is 11.7. The van der Waals surface area contributed by atoms with Gasteiger partial charge in [-0.25, -0.2) is 0 Å². The molecule has 0 aliphatic carbocycles. The molecule has 0 saturated carbocycles. The van der Waals surface area contributed by atoms with Crippen molar-refractivity contribution < 1.29 is 9.90 Å². The van der Waals surface area contributed by atoms with Crippen molar-refractivity contribution in [3.05, 3.63) is 29.8 Å². The van der Waals surface area contributed by atoms with E-state index in [-0.39, 0.29) is 12.5 Å². The molecule has 0 aliphatic rings. The monoisotopic (exact) mass is 250 g/mol. The summed E-state index contributed by atoms with van der Waals surface area (Å²) in [6.45, 7) is 7.59. The van der Waals surface area contributed by atoms with E-state index in [0.29, 0.717) is 0 Å². The molecule has 100 valence electrons. The van der Waals surface area contributed by atoms with Crippen LogP contribution in [0.1, 0.15) is 26.3 Å². The Morgan fingerprint density at radius 1 is 1.33 bits per heavy atom. The van der Waals surface area contributed by atoms with Gasteiger partial charge in [-0.15, -0.1) is 0 Å². The third-order valence-electron chi connectivity index (χ3n) is 3.08. The first-order valence-corrected chi connectivity index (χ1v) is 6.11. The molecule has 0 spiro atoms. The van der Waals surface area contributed by atoms with Crippen molar-refractivity contribution in [2.24, 2.45) is 0 Å². The van der Waals surface area contributed by atoms with Crippen LogP contribution >= 0.6 is 0 Å². The molecule has 1 rings (SSSR count). The van der Waals surface area contributed by atoms with Crippen LogP contribution in [0.2, 0.25) is 0 Å². The maximum absolute atomic E-state index is 11.7. The molecular weight excluding hydrogens is 228 g/mol. The summed E-state index contributed by atoms with van der Waals surface area (Å²) >= 11 is 0. The number of carbonyl (C=O) groups is 1. The highest BCUT2D eigenvalue weighted by molar-refractivity contribution is 5.92. The van der Waals surface area contributed by atoms with Crippen molar-refractivity contribution in [2.75, 3.05) is 11.9 Å².